The van der Waals surface area contributed by atoms with Crippen LogP contribution in [0, 0.1) is 24.1 Å². The predicted molar refractivity (Wildman–Crippen MR) is 96.7 cm³/mol. The lowest BCUT2D eigenvalue weighted by molar-refractivity contribution is -0.143. The molecule has 1 aromatic heterocycles. The van der Waals surface area contributed by atoms with Gasteiger partial charge in [0.2, 0.25) is 0 Å². The molecule has 0 radical (unpaired) electrons. The molecule has 1 N–H and O–H groups in total. The van der Waals surface area contributed by atoms with E-state index in [1.807, 2.05) is 0 Å². The average Bonchev–Trinajstić information content (AvgIpc) is 3.05. The zero-order valence-electron chi connectivity index (χ0n) is 15.7. The number of hydrogen-bond donors (Lipinski definition) is 1. The van der Waals surface area contributed by atoms with Crippen molar-refractivity contribution < 1.29 is 30.7 Å². The van der Waals surface area contributed by atoms with Crippen molar-refractivity contribution in [3.05, 3.63) is 76.6 Å². The van der Waals surface area contributed by atoms with Gasteiger partial charge in [0.25, 0.3) is 0 Å². The molecule has 0 saturated carbocycles. The van der Waals surface area contributed by atoms with Gasteiger partial charge < -0.3 is 9.88 Å². The van der Waals surface area contributed by atoms with Crippen LogP contribution in [0.3, 0.4) is 0 Å². The number of rotatable bonds is 4. The molecule has 3 aromatic rings. The Morgan fingerprint density at radius 2 is 1.68 bits per heavy atom. The standard InChI is InChI=1S/C20H13F7N4/c1-11-10-31(14-4-2-13(21)3-5-14)18(30-11)9-29-17-7-12(19(22,23)24)6-16(15(17)8-28)20(25,26)27/h2-7,10,29H,9H2,1H3. The van der Waals surface area contributed by atoms with Gasteiger partial charge in [0.1, 0.15) is 17.7 Å². The third-order valence-electron chi connectivity index (χ3n) is 4.32. The molecule has 0 aliphatic rings. The van der Waals surface area contributed by atoms with Gasteiger partial charge in [-0.25, -0.2) is 9.37 Å². The smallest absolute Gasteiger partial charge is 0.377 e. The van der Waals surface area contributed by atoms with Gasteiger partial charge >= 0.3 is 12.4 Å². The van der Waals surface area contributed by atoms with Gasteiger partial charge in [-0.2, -0.15) is 31.6 Å². The number of nitrogens with one attached hydrogen (secondary N) is 1. The molecule has 2 aromatic carbocycles. The van der Waals surface area contributed by atoms with Crippen molar-refractivity contribution in [1.29, 1.82) is 5.26 Å². The van der Waals surface area contributed by atoms with Crippen LogP contribution in [0.4, 0.5) is 36.4 Å². The summed E-state index contributed by atoms with van der Waals surface area (Å²) in [6.07, 6.45) is -8.64. The van der Waals surface area contributed by atoms with Crippen LogP contribution in [0.2, 0.25) is 0 Å². The van der Waals surface area contributed by atoms with Crippen molar-refractivity contribution in [2.45, 2.75) is 25.8 Å². The summed E-state index contributed by atoms with van der Waals surface area (Å²) in [5.74, 6) is -0.249. The molecule has 0 amide bonds. The van der Waals surface area contributed by atoms with E-state index in [-0.39, 0.29) is 18.4 Å². The Bertz CT molecular complexity index is 1140. The molecule has 0 saturated heterocycles. The Morgan fingerprint density at radius 1 is 1.03 bits per heavy atom. The first kappa shape index (κ1) is 22.1. The van der Waals surface area contributed by atoms with E-state index < -0.39 is 40.5 Å². The van der Waals surface area contributed by atoms with Crippen LogP contribution in [0.15, 0.2) is 42.6 Å². The molecule has 0 fully saturated rings. The maximum absolute atomic E-state index is 13.3. The van der Waals surface area contributed by atoms with Gasteiger partial charge in [0, 0.05) is 11.9 Å². The zero-order valence-corrected chi connectivity index (χ0v) is 15.7. The molecule has 162 valence electrons. The molecule has 31 heavy (non-hydrogen) atoms. The fourth-order valence-electron chi connectivity index (χ4n) is 2.96. The van der Waals surface area contributed by atoms with Crippen LogP contribution in [0.1, 0.15) is 28.2 Å². The predicted octanol–water partition coefficient (Wildman–Crippen LogP) is 5.84. The van der Waals surface area contributed by atoms with Gasteiger partial charge in [0.15, 0.2) is 0 Å². The second kappa shape index (κ2) is 7.94. The van der Waals surface area contributed by atoms with Crippen LogP contribution in [0.25, 0.3) is 5.69 Å². The van der Waals surface area contributed by atoms with E-state index in [1.54, 1.807) is 13.1 Å². The first-order valence-electron chi connectivity index (χ1n) is 8.67. The summed E-state index contributed by atoms with van der Waals surface area (Å²) < 4.78 is 93.9. The van der Waals surface area contributed by atoms with Gasteiger partial charge in [-0.3, -0.25) is 0 Å². The minimum absolute atomic E-state index is 0.0899. The van der Waals surface area contributed by atoms with Gasteiger partial charge in [-0.05, 0) is 43.3 Å². The molecule has 0 bridgehead atoms. The highest BCUT2D eigenvalue weighted by Crippen LogP contribution is 2.40. The lowest BCUT2D eigenvalue weighted by atomic mass is 10.0. The van der Waals surface area contributed by atoms with Gasteiger partial charge in [-0.15, -0.1) is 0 Å². The van der Waals surface area contributed by atoms with Crippen molar-refractivity contribution in [2.75, 3.05) is 5.32 Å². The molecule has 0 aliphatic carbocycles. The molecule has 4 nitrogen and oxygen atoms in total. The van der Waals surface area contributed by atoms with E-state index in [9.17, 15) is 36.0 Å². The fourth-order valence-corrected chi connectivity index (χ4v) is 2.96. The quantitative estimate of drug-likeness (QED) is 0.517. The van der Waals surface area contributed by atoms with Crippen molar-refractivity contribution in [3.63, 3.8) is 0 Å². The SMILES string of the molecule is Cc1cn(-c2ccc(F)cc2)c(CNc2cc(C(F)(F)F)cc(C(F)(F)F)c2C#N)n1. The number of benzene rings is 2. The van der Waals surface area contributed by atoms with E-state index in [0.717, 1.165) is 0 Å². The molecule has 0 atom stereocenters. The number of hydrogen-bond acceptors (Lipinski definition) is 3. The summed E-state index contributed by atoms with van der Waals surface area (Å²) in [6, 6.07) is 6.94. The Hall–Kier alpha value is -3.55. The molecule has 0 spiro atoms. The number of anilines is 1. The number of imidazole rings is 1. The first-order chi connectivity index (χ1) is 14.4. The normalized spacial score (nSPS) is 12.0. The Kier molecular flexibility index (Phi) is 5.67. The van der Waals surface area contributed by atoms with Crippen LogP contribution < -0.4 is 5.32 Å². The summed E-state index contributed by atoms with van der Waals surface area (Å²) in [5.41, 5.74) is -3.82. The lowest BCUT2D eigenvalue weighted by Crippen LogP contribution is -2.16. The number of nitrogens with zero attached hydrogens (tertiary/aromatic N) is 3. The van der Waals surface area contributed by atoms with Crippen molar-refractivity contribution in [2.24, 2.45) is 0 Å². The molecule has 1 heterocycles. The largest absolute Gasteiger partial charge is 0.417 e. The van der Waals surface area contributed by atoms with E-state index in [2.05, 4.69) is 10.3 Å². The molecule has 0 unspecified atom stereocenters. The van der Waals surface area contributed by atoms with Crippen molar-refractivity contribution >= 4 is 5.69 Å². The zero-order chi connectivity index (χ0) is 23.0. The van der Waals surface area contributed by atoms with Gasteiger partial charge in [0.05, 0.1) is 34.6 Å². The minimum Gasteiger partial charge on any atom is -0.377 e. The highest BCUT2D eigenvalue weighted by molar-refractivity contribution is 5.64. The minimum atomic E-state index is -5.16. The third kappa shape index (κ3) is 4.79. The highest BCUT2D eigenvalue weighted by atomic mass is 19.4. The third-order valence-corrected chi connectivity index (χ3v) is 4.32. The summed E-state index contributed by atoms with van der Waals surface area (Å²) in [4.78, 5) is 4.20. The number of alkyl halides is 6. The molecule has 11 heteroatoms. The van der Waals surface area contributed by atoms with Crippen LogP contribution in [-0.2, 0) is 18.9 Å². The van der Waals surface area contributed by atoms with E-state index in [4.69, 9.17) is 0 Å². The molecule has 0 aliphatic heterocycles. The van der Waals surface area contributed by atoms with E-state index in [1.165, 1.54) is 34.9 Å². The van der Waals surface area contributed by atoms with Crippen molar-refractivity contribution in [1.82, 2.24) is 9.55 Å². The molecule has 3 rings (SSSR count). The van der Waals surface area contributed by atoms with E-state index >= 15 is 0 Å². The molecular weight excluding hydrogens is 429 g/mol. The number of aromatic nitrogens is 2. The Labute approximate surface area is 171 Å². The number of aryl methyl sites for hydroxylation is 1. The van der Waals surface area contributed by atoms with Gasteiger partial charge in [-0.1, -0.05) is 0 Å². The maximum Gasteiger partial charge on any atom is 0.417 e. The van der Waals surface area contributed by atoms with Crippen LogP contribution >= 0.6 is 0 Å². The number of nitriles is 1. The maximum atomic E-state index is 13.3. The van der Waals surface area contributed by atoms with E-state index in [0.29, 0.717) is 17.4 Å². The summed E-state index contributed by atoms with van der Waals surface area (Å²) in [6.45, 7) is 1.34. The fraction of sp³-hybridized carbons (Fsp3) is 0.200. The van der Waals surface area contributed by atoms with Crippen molar-refractivity contribution in [3.8, 4) is 11.8 Å². The lowest BCUT2D eigenvalue weighted by Gasteiger charge is -2.17. The molecular formula is C20H13F7N4. The van der Waals surface area contributed by atoms with Crippen LogP contribution in [-0.4, -0.2) is 9.55 Å². The monoisotopic (exact) mass is 442 g/mol. The topological polar surface area (TPSA) is 53.6 Å². The second-order valence-corrected chi connectivity index (χ2v) is 6.55. The highest BCUT2D eigenvalue weighted by Gasteiger charge is 2.39. The first-order valence-corrected chi connectivity index (χ1v) is 8.67. The summed E-state index contributed by atoms with van der Waals surface area (Å²) in [5, 5.41) is 11.6. The Balaban J connectivity index is 2.03. The summed E-state index contributed by atoms with van der Waals surface area (Å²) >= 11 is 0. The average molecular weight is 442 g/mol. The summed E-state index contributed by atoms with van der Waals surface area (Å²) in [7, 11) is 0. The number of halogens is 7. The van der Waals surface area contributed by atoms with Crippen LogP contribution in [0.5, 0.6) is 0 Å². The Morgan fingerprint density at radius 3 is 2.23 bits per heavy atom. The second-order valence-electron chi connectivity index (χ2n) is 6.55.